The van der Waals surface area contributed by atoms with Crippen molar-refractivity contribution in [2.45, 2.75) is 38.2 Å². The van der Waals surface area contributed by atoms with Crippen molar-refractivity contribution in [2.24, 2.45) is 5.92 Å². The molecule has 0 radical (unpaired) electrons. The minimum Gasteiger partial charge on any atom is -0.376 e. The highest BCUT2D eigenvalue weighted by molar-refractivity contribution is 5.93. The van der Waals surface area contributed by atoms with Gasteiger partial charge in [0, 0.05) is 38.6 Å². The van der Waals surface area contributed by atoms with Crippen molar-refractivity contribution in [1.29, 1.82) is 0 Å². The Balaban J connectivity index is 1.25. The highest BCUT2D eigenvalue weighted by Crippen LogP contribution is 2.22. The molecular weight excluding hydrogens is 352 g/mol. The van der Waals surface area contributed by atoms with Crippen molar-refractivity contribution >= 4 is 11.9 Å². The number of hydrogen-bond acceptors (Lipinski definition) is 5. The van der Waals surface area contributed by atoms with Crippen LogP contribution in [-0.4, -0.2) is 53.1 Å². The molecule has 2 aromatic rings. The molecule has 28 heavy (non-hydrogen) atoms. The molecule has 1 unspecified atom stereocenters. The van der Waals surface area contributed by atoms with Crippen LogP contribution in [0.3, 0.4) is 0 Å². The van der Waals surface area contributed by atoms with Gasteiger partial charge in [0.1, 0.15) is 0 Å². The van der Waals surface area contributed by atoms with Crippen LogP contribution in [0.25, 0.3) is 0 Å². The fraction of sp³-hybridized carbons (Fsp3) is 0.500. The number of nitrogens with one attached hydrogen (secondary N) is 1. The fourth-order valence-electron chi connectivity index (χ4n) is 4.01. The second kappa shape index (κ2) is 9.15. The Morgan fingerprint density at radius 3 is 2.54 bits per heavy atom. The smallest absolute Gasteiger partial charge is 0.256 e. The highest BCUT2D eigenvalue weighted by Gasteiger charge is 2.24. The third-order valence-electron chi connectivity index (χ3n) is 5.68. The van der Waals surface area contributed by atoms with E-state index in [4.69, 9.17) is 4.74 Å². The van der Waals surface area contributed by atoms with Gasteiger partial charge in [-0.15, -0.1) is 0 Å². The van der Waals surface area contributed by atoms with E-state index in [1.165, 1.54) is 5.56 Å². The Hall–Kier alpha value is -2.47. The van der Waals surface area contributed by atoms with Gasteiger partial charge in [-0.1, -0.05) is 30.3 Å². The topological polar surface area (TPSA) is 67.3 Å². The molecule has 2 aliphatic heterocycles. The Labute approximate surface area is 166 Å². The zero-order chi connectivity index (χ0) is 19.2. The summed E-state index contributed by atoms with van der Waals surface area (Å²) in [6.07, 6.45) is 8.86. The summed E-state index contributed by atoms with van der Waals surface area (Å²) in [5.74, 6) is 1.23. The van der Waals surface area contributed by atoms with E-state index in [0.717, 1.165) is 51.8 Å². The molecule has 1 aromatic carbocycles. The summed E-state index contributed by atoms with van der Waals surface area (Å²) in [4.78, 5) is 23.3. The molecule has 3 heterocycles. The van der Waals surface area contributed by atoms with Crippen LogP contribution in [0.15, 0.2) is 42.7 Å². The third kappa shape index (κ3) is 4.87. The maximum absolute atomic E-state index is 12.7. The minimum absolute atomic E-state index is 0.0313. The number of ether oxygens (including phenoxy) is 1. The van der Waals surface area contributed by atoms with Gasteiger partial charge in [-0.2, -0.15) is 0 Å². The maximum atomic E-state index is 12.7. The summed E-state index contributed by atoms with van der Waals surface area (Å²) >= 11 is 0. The number of nitrogens with zero attached hydrogens (tertiary/aromatic N) is 3. The molecular formula is C22H28N4O2. The lowest BCUT2D eigenvalue weighted by Gasteiger charge is -2.32. The first-order valence-electron chi connectivity index (χ1n) is 10.3. The zero-order valence-electron chi connectivity index (χ0n) is 16.2. The SMILES string of the molecule is O=C(c1cnc(NCC2CCCO2)nc1)N1CCC(Cc2ccccc2)CC1. The molecule has 2 fully saturated rings. The summed E-state index contributed by atoms with van der Waals surface area (Å²) in [5, 5.41) is 3.19. The van der Waals surface area contributed by atoms with Gasteiger partial charge in [-0.3, -0.25) is 4.79 Å². The molecule has 2 aliphatic rings. The maximum Gasteiger partial charge on any atom is 0.256 e. The summed E-state index contributed by atoms with van der Waals surface area (Å²) in [6, 6.07) is 10.6. The number of carbonyl (C=O) groups excluding carboxylic acids is 1. The van der Waals surface area contributed by atoms with Gasteiger partial charge in [0.15, 0.2) is 0 Å². The standard InChI is InChI=1S/C22H28N4O2/c27-21(19-14-23-22(24-15-19)25-16-20-7-4-12-28-20)26-10-8-18(9-11-26)13-17-5-2-1-3-6-17/h1-3,5-6,14-15,18,20H,4,7-13,16H2,(H,23,24,25). The number of aromatic nitrogens is 2. The quantitative estimate of drug-likeness (QED) is 0.834. The molecule has 0 bridgehead atoms. The normalized spacial score (nSPS) is 20.3. The monoisotopic (exact) mass is 380 g/mol. The number of anilines is 1. The number of likely N-dealkylation sites (tertiary alicyclic amines) is 1. The first kappa shape index (κ1) is 18.9. The van der Waals surface area contributed by atoms with E-state index in [-0.39, 0.29) is 12.0 Å². The number of benzene rings is 1. The average Bonchev–Trinajstić information content (AvgIpc) is 3.27. The molecule has 1 atom stereocenters. The van der Waals surface area contributed by atoms with E-state index < -0.39 is 0 Å². The number of rotatable bonds is 6. The lowest BCUT2D eigenvalue weighted by atomic mass is 9.90. The zero-order valence-corrected chi connectivity index (χ0v) is 16.2. The van der Waals surface area contributed by atoms with Crippen molar-refractivity contribution in [3.05, 3.63) is 53.9 Å². The van der Waals surface area contributed by atoms with E-state index in [2.05, 4.69) is 45.6 Å². The van der Waals surface area contributed by atoms with Crippen molar-refractivity contribution in [2.75, 3.05) is 31.6 Å². The van der Waals surface area contributed by atoms with Crippen LogP contribution in [0.1, 0.15) is 41.6 Å². The molecule has 0 saturated carbocycles. The largest absolute Gasteiger partial charge is 0.376 e. The Bertz CT molecular complexity index is 752. The molecule has 2 saturated heterocycles. The number of amides is 1. The number of carbonyl (C=O) groups is 1. The highest BCUT2D eigenvalue weighted by atomic mass is 16.5. The van der Waals surface area contributed by atoms with Gasteiger partial charge in [0.2, 0.25) is 5.95 Å². The minimum atomic E-state index is 0.0313. The van der Waals surface area contributed by atoms with Gasteiger partial charge in [0.25, 0.3) is 5.91 Å². The van der Waals surface area contributed by atoms with E-state index in [0.29, 0.717) is 24.0 Å². The van der Waals surface area contributed by atoms with E-state index in [1.54, 1.807) is 12.4 Å². The van der Waals surface area contributed by atoms with Gasteiger partial charge < -0.3 is 15.0 Å². The molecule has 6 heteroatoms. The molecule has 0 aliphatic carbocycles. The summed E-state index contributed by atoms with van der Waals surface area (Å²) < 4.78 is 5.58. The first-order valence-corrected chi connectivity index (χ1v) is 10.3. The number of piperidine rings is 1. The predicted octanol–water partition coefficient (Wildman–Crippen LogP) is 3.16. The average molecular weight is 380 g/mol. The van der Waals surface area contributed by atoms with Crippen LogP contribution in [-0.2, 0) is 11.2 Å². The van der Waals surface area contributed by atoms with Gasteiger partial charge >= 0.3 is 0 Å². The van der Waals surface area contributed by atoms with E-state index in [9.17, 15) is 4.79 Å². The van der Waals surface area contributed by atoms with Gasteiger partial charge in [-0.25, -0.2) is 9.97 Å². The van der Waals surface area contributed by atoms with Crippen molar-refractivity contribution in [3.63, 3.8) is 0 Å². The molecule has 148 valence electrons. The van der Waals surface area contributed by atoms with E-state index in [1.807, 2.05) is 4.90 Å². The van der Waals surface area contributed by atoms with Crippen molar-refractivity contribution < 1.29 is 9.53 Å². The second-order valence-electron chi connectivity index (χ2n) is 7.74. The predicted molar refractivity (Wildman–Crippen MR) is 108 cm³/mol. The van der Waals surface area contributed by atoms with Crippen LogP contribution in [0.5, 0.6) is 0 Å². The Morgan fingerprint density at radius 2 is 1.86 bits per heavy atom. The van der Waals surface area contributed by atoms with Gasteiger partial charge in [-0.05, 0) is 43.6 Å². The molecule has 0 spiro atoms. The second-order valence-corrected chi connectivity index (χ2v) is 7.74. The lowest BCUT2D eigenvalue weighted by molar-refractivity contribution is 0.0689. The Morgan fingerprint density at radius 1 is 1.11 bits per heavy atom. The number of hydrogen-bond donors (Lipinski definition) is 1. The fourth-order valence-corrected chi connectivity index (χ4v) is 4.01. The summed E-state index contributed by atoms with van der Waals surface area (Å²) in [7, 11) is 0. The molecule has 4 rings (SSSR count). The van der Waals surface area contributed by atoms with Crippen molar-refractivity contribution in [1.82, 2.24) is 14.9 Å². The van der Waals surface area contributed by atoms with Crippen LogP contribution >= 0.6 is 0 Å². The molecule has 6 nitrogen and oxygen atoms in total. The lowest BCUT2D eigenvalue weighted by Crippen LogP contribution is -2.39. The van der Waals surface area contributed by atoms with Crippen LogP contribution in [0, 0.1) is 5.92 Å². The first-order chi connectivity index (χ1) is 13.8. The molecule has 1 N–H and O–H groups in total. The summed E-state index contributed by atoms with van der Waals surface area (Å²) in [6.45, 7) is 3.15. The van der Waals surface area contributed by atoms with Gasteiger partial charge in [0.05, 0.1) is 11.7 Å². The molecule has 1 amide bonds. The molecule has 1 aromatic heterocycles. The van der Waals surface area contributed by atoms with Crippen LogP contribution in [0.2, 0.25) is 0 Å². The Kier molecular flexibility index (Phi) is 6.17. The van der Waals surface area contributed by atoms with Crippen LogP contribution in [0.4, 0.5) is 5.95 Å². The van der Waals surface area contributed by atoms with Crippen molar-refractivity contribution in [3.8, 4) is 0 Å². The third-order valence-corrected chi connectivity index (χ3v) is 5.68. The van der Waals surface area contributed by atoms with Crippen LogP contribution < -0.4 is 5.32 Å². The summed E-state index contributed by atoms with van der Waals surface area (Å²) in [5.41, 5.74) is 1.94. The van der Waals surface area contributed by atoms with E-state index >= 15 is 0 Å².